The van der Waals surface area contributed by atoms with Crippen LogP contribution < -0.4 is 19.5 Å². The highest BCUT2D eigenvalue weighted by Gasteiger charge is 2.30. The molecule has 11 heteroatoms. The van der Waals surface area contributed by atoms with Crippen LogP contribution in [0.4, 0.5) is 0 Å². The summed E-state index contributed by atoms with van der Waals surface area (Å²) in [7, 11) is -2.16. The fourth-order valence-electron chi connectivity index (χ4n) is 4.22. The first-order chi connectivity index (χ1) is 19.1. The first-order valence-electron chi connectivity index (χ1n) is 12.7. The van der Waals surface area contributed by atoms with E-state index in [-0.39, 0.29) is 32.3 Å². The van der Waals surface area contributed by atoms with E-state index in [9.17, 15) is 18.0 Å². The van der Waals surface area contributed by atoms with Gasteiger partial charge in [-0.2, -0.15) is 4.31 Å². The minimum absolute atomic E-state index is 0.0342. The van der Waals surface area contributed by atoms with Gasteiger partial charge in [0.1, 0.15) is 11.8 Å². The number of rotatable bonds is 12. The molecule has 3 aromatic carbocycles. The molecule has 1 atom stereocenters. The molecule has 1 N–H and O–H groups in total. The zero-order valence-electron chi connectivity index (χ0n) is 22.7. The van der Waals surface area contributed by atoms with Crippen molar-refractivity contribution in [1.29, 1.82) is 0 Å². The number of nitrogens with one attached hydrogen (secondary N) is 1. The van der Waals surface area contributed by atoms with Crippen LogP contribution in [0.3, 0.4) is 0 Å². The van der Waals surface area contributed by atoms with Crippen molar-refractivity contribution in [3.05, 3.63) is 89.5 Å². The fourth-order valence-corrected chi connectivity index (χ4v) is 4.95. The average Bonchev–Trinajstić information content (AvgIpc) is 3.42. The first kappa shape index (κ1) is 28.9. The number of amides is 2. The zero-order chi connectivity index (χ0) is 28.7. The number of benzene rings is 3. The molecular weight excluding hydrogens is 534 g/mol. The molecule has 0 spiro atoms. The monoisotopic (exact) mass is 567 g/mol. The van der Waals surface area contributed by atoms with E-state index in [1.54, 1.807) is 74.7 Å². The third-order valence-electron chi connectivity index (χ3n) is 6.57. The molecule has 0 radical (unpaired) electrons. The predicted octanol–water partition coefficient (Wildman–Crippen LogP) is 2.92. The van der Waals surface area contributed by atoms with Crippen LogP contribution in [0, 0.1) is 0 Å². The molecule has 4 rings (SSSR count). The largest absolute Gasteiger partial charge is 0.497 e. The van der Waals surface area contributed by atoms with E-state index in [1.807, 2.05) is 12.1 Å². The Morgan fingerprint density at radius 2 is 1.57 bits per heavy atom. The van der Waals surface area contributed by atoms with Crippen LogP contribution >= 0.6 is 0 Å². The van der Waals surface area contributed by atoms with Crippen LogP contribution in [0.1, 0.15) is 23.6 Å². The maximum Gasteiger partial charge on any atom is 0.242 e. The second-order valence-corrected chi connectivity index (χ2v) is 11.5. The summed E-state index contributed by atoms with van der Waals surface area (Å²) in [5.74, 6) is 1.03. The van der Waals surface area contributed by atoms with Gasteiger partial charge in [-0.3, -0.25) is 9.59 Å². The summed E-state index contributed by atoms with van der Waals surface area (Å²) >= 11 is 0. The fraction of sp³-hybridized carbons (Fsp3) is 0.310. The predicted molar refractivity (Wildman–Crippen MR) is 149 cm³/mol. The quantitative estimate of drug-likeness (QED) is 0.358. The van der Waals surface area contributed by atoms with Gasteiger partial charge in [0.05, 0.1) is 19.9 Å². The van der Waals surface area contributed by atoms with Gasteiger partial charge in [0, 0.05) is 19.6 Å². The lowest BCUT2D eigenvalue weighted by molar-refractivity contribution is -0.140. The molecule has 0 aromatic heterocycles. The highest BCUT2D eigenvalue weighted by Crippen LogP contribution is 2.32. The van der Waals surface area contributed by atoms with Gasteiger partial charge in [0.15, 0.2) is 11.5 Å². The van der Waals surface area contributed by atoms with Crippen LogP contribution in [0.15, 0.2) is 72.8 Å². The molecule has 2 amide bonds. The smallest absolute Gasteiger partial charge is 0.242 e. The molecule has 0 fully saturated rings. The summed E-state index contributed by atoms with van der Waals surface area (Å²) < 4.78 is 42.3. The lowest BCUT2D eigenvalue weighted by Crippen LogP contribution is -2.50. The molecule has 212 valence electrons. The molecule has 1 aliphatic rings. The van der Waals surface area contributed by atoms with Crippen LogP contribution in [-0.4, -0.2) is 62.2 Å². The Labute approximate surface area is 234 Å². The third-order valence-corrected chi connectivity index (χ3v) is 7.76. The normalized spacial score (nSPS) is 13.1. The Balaban J connectivity index is 1.51. The summed E-state index contributed by atoms with van der Waals surface area (Å²) in [5.41, 5.74) is 2.32. The van der Waals surface area contributed by atoms with E-state index < -0.39 is 28.5 Å². The standard InChI is InChI=1S/C29H33N3O7S/c1-21(29(34)30-16-24-11-14-26-27(15-24)39-20-38-26)32(18-23-9-12-25(37-2)13-10-23)28(33)19-31(40(3,35)36)17-22-7-5-4-6-8-22/h4-15,21H,16-20H2,1-3H3,(H,30,34). The van der Waals surface area contributed by atoms with E-state index in [0.717, 1.165) is 27.3 Å². The Hall–Kier alpha value is -4.09. The zero-order valence-corrected chi connectivity index (χ0v) is 23.5. The highest BCUT2D eigenvalue weighted by atomic mass is 32.2. The van der Waals surface area contributed by atoms with E-state index in [1.165, 1.54) is 4.90 Å². The lowest BCUT2D eigenvalue weighted by atomic mass is 10.1. The number of nitrogens with zero attached hydrogens (tertiary/aromatic N) is 2. The second kappa shape index (κ2) is 12.8. The summed E-state index contributed by atoms with van der Waals surface area (Å²) in [5, 5.41) is 2.87. The van der Waals surface area contributed by atoms with Crippen molar-refractivity contribution in [3.63, 3.8) is 0 Å². The van der Waals surface area contributed by atoms with E-state index in [4.69, 9.17) is 14.2 Å². The van der Waals surface area contributed by atoms with Crippen molar-refractivity contribution in [2.45, 2.75) is 32.6 Å². The maximum atomic E-state index is 13.7. The van der Waals surface area contributed by atoms with Gasteiger partial charge in [0.25, 0.3) is 0 Å². The van der Waals surface area contributed by atoms with Crippen molar-refractivity contribution in [1.82, 2.24) is 14.5 Å². The molecule has 0 aliphatic carbocycles. The molecule has 3 aromatic rings. The SMILES string of the molecule is COc1ccc(CN(C(=O)CN(Cc2ccccc2)S(C)(=O)=O)C(C)C(=O)NCc2ccc3c(c2)OCO3)cc1. The number of ether oxygens (including phenoxy) is 3. The summed E-state index contributed by atoms with van der Waals surface area (Å²) in [6.07, 6.45) is 1.07. The van der Waals surface area contributed by atoms with Gasteiger partial charge in [-0.1, -0.05) is 48.5 Å². The van der Waals surface area contributed by atoms with Crippen molar-refractivity contribution in [2.75, 3.05) is 26.7 Å². The number of methoxy groups -OCH3 is 1. The number of carbonyl (C=O) groups excluding carboxylic acids is 2. The van der Waals surface area contributed by atoms with E-state index in [2.05, 4.69) is 5.32 Å². The molecule has 0 saturated carbocycles. The van der Waals surface area contributed by atoms with Crippen molar-refractivity contribution in [2.24, 2.45) is 0 Å². The molecule has 1 heterocycles. The number of sulfonamides is 1. The van der Waals surface area contributed by atoms with Crippen molar-refractivity contribution in [3.8, 4) is 17.2 Å². The van der Waals surface area contributed by atoms with Crippen LogP contribution in [0.5, 0.6) is 17.2 Å². The molecule has 1 aliphatic heterocycles. The number of hydrogen-bond acceptors (Lipinski definition) is 7. The van der Waals surface area contributed by atoms with E-state index in [0.29, 0.717) is 17.2 Å². The summed E-state index contributed by atoms with van der Waals surface area (Å²) in [6, 6.07) is 20.7. The average molecular weight is 568 g/mol. The van der Waals surface area contributed by atoms with Crippen LogP contribution in [0.2, 0.25) is 0 Å². The Bertz CT molecular complexity index is 1430. The molecule has 0 saturated heterocycles. The highest BCUT2D eigenvalue weighted by molar-refractivity contribution is 7.88. The summed E-state index contributed by atoms with van der Waals surface area (Å²) in [4.78, 5) is 28.3. The topological polar surface area (TPSA) is 114 Å². The van der Waals surface area contributed by atoms with Crippen molar-refractivity contribution < 1.29 is 32.2 Å². The Morgan fingerprint density at radius 3 is 2.25 bits per heavy atom. The number of hydrogen-bond donors (Lipinski definition) is 1. The van der Waals surface area contributed by atoms with Gasteiger partial charge in [-0.15, -0.1) is 0 Å². The lowest BCUT2D eigenvalue weighted by Gasteiger charge is -2.31. The minimum atomic E-state index is -3.72. The molecular formula is C29H33N3O7S. The Kier molecular flexibility index (Phi) is 9.28. The summed E-state index contributed by atoms with van der Waals surface area (Å²) in [6.45, 7) is 1.71. The number of carbonyl (C=O) groups is 2. The molecule has 40 heavy (non-hydrogen) atoms. The Morgan fingerprint density at radius 1 is 0.925 bits per heavy atom. The minimum Gasteiger partial charge on any atom is -0.497 e. The first-order valence-corrected chi connectivity index (χ1v) is 14.6. The molecule has 10 nitrogen and oxygen atoms in total. The van der Waals surface area contributed by atoms with Gasteiger partial charge >= 0.3 is 0 Å². The van der Waals surface area contributed by atoms with E-state index >= 15 is 0 Å². The van der Waals surface area contributed by atoms with Gasteiger partial charge in [0.2, 0.25) is 28.6 Å². The molecule has 0 bridgehead atoms. The van der Waals surface area contributed by atoms with Gasteiger partial charge in [-0.25, -0.2) is 8.42 Å². The number of fused-ring (bicyclic) bond motifs is 1. The van der Waals surface area contributed by atoms with Crippen LogP contribution in [0.25, 0.3) is 0 Å². The second-order valence-electron chi connectivity index (χ2n) is 9.47. The maximum absolute atomic E-state index is 13.7. The van der Waals surface area contributed by atoms with Crippen molar-refractivity contribution >= 4 is 21.8 Å². The van der Waals surface area contributed by atoms with Gasteiger partial charge < -0.3 is 24.4 Å². The van der Waals surface area contributed by atoms with Gasteiger partial charge in [-0.05, 0) is 47.9 Å². The van der Waals surface area contributed by atoms with Crippen LogP contribution in [-0.2, 0) is 39.2 Å². The molecule has 1 unspecified atom stereocenters. The third kappa shape index (κ3) is 7.51.